The Morgan fingerprint density at radius 1 is 1.07 bits per heavy atom. The molecule has 5 aromatic rings. The van der Waals surface area contributed by atoms with E-state index in [1.54, 1.807) is 11.3 Å². The molecule has 6 rings (SSSR count). The van der Waals surface area contributed by atoms with Crippen molar-refractivity contribution in [1.82, 2.24) is 15.5 Å². The molecule has 1 aliphatic rings. The molecule has 0 unspecified atom stereocenters. The molecule has 7 nitrogen and oxygen atoms in total. The lowest BCUT2D eigenvalue weighted by Gasteiger charge is -2.15. The van der Waals surface area contributed by atoms with Gasteiger partial charge in [-0.05, 0) is 68.0 Å². The van der Waals surface area contributed by atoms with Crippen LogP contribution in [0, 0.1) is 0 Å². The molecular weight excluding hydrogens is 639 g/mol. The molecule has 2 aromatic heterocycles. The van der Waals surface area contributed by atoms with Crippen LogP contribution in [0.2, 0.25) is 10.0 Å². The highest BCUT2D eigenvalue weighted by Gasteiger charge is 2.33. The molecule has 0 amide bonds. The van der Waals surface area contributed by atoms with Crippen molar-refractivity contribution in [3.05, 3.63) is 87.6 Å². The molecule has 1 fully saturated rings. The number of halogens is 2. The second kappa shape index (κ2) is 15.4. The van der Waals surface area contributed by atoms with Crippen LogP contribution in [0.1, 0.15) is 74.1 Å². The third kappa shape index (κ3) is 7.58. The van der Waals surface area contributed by atoms with E-state index >= 15 is 0 Å². The SMILES string of the molecule is CCC(CC)NCc1c(-c2c(Cl)cccc2Cl)noc1C1CC1.CCN(C)c1nc2cc(-c3ccccc3)c(C(=O)OC)cc2s1. The summed E-state index contributed by atoms with van der Waals surface area (Å²) in [5.74, 6) is 1.16. The number of aromatic nitrogens is 2. The minimum atomic E-state index is -0.329. The summed E-state index contributed by atoms with van der Waals surface area (Å²) in [6.07, 6.45) is 4.54. The normalized spacial score (nSPS) is 12.7. The van der Waals surface area contributed by atoms with Gasteiger partial charge in [0.2, 0.25) is 0 Å². The van der Waals surface area contributed by atoms with Gasteiger partial charge in [0.25, 0.3) is 0 Å². The number of methoxy groups -OCH3 is 1. The summed E-state index contributed by atoms with van der Waals surface area (Å²) in [4.78, 5) is 19.0. The number of anilines is 1. The quantitative estimate of drug-likeness (QED) is 0.139. The maximum atomic E-state index is 12.2. The standard InChI is InChI=1S/C18H22Cl2N2O.C18H18N2O2S/c1-3-12(4-2)21-10-13-17(22-23-18(13)11-8-9-11)16-14(19)6-5-7-15(16)20;1-4-20(2)18-19-15-10-13(12-8-6-5-7-9-12)14(17(21)22-3)11-16(15)23-18/h5-7,11-12,21H,3-4,8-10H2,1-2H3;5-11H,4H2,1-3H3. The number of ether oxygens (including phenoxy) is 1. The molecule has 3 aromatic carbocycles. The molecule has 0 radical (unpaired) electrons. The minimum absolute atomic E-state index is 0.329. The molecule has 0 spiro atoms. The summed E-state index contributed by atoms with van der Waals surface area (Å²) in [6.45, 7) is 8.10. The van der Waals surface area contributed by atoms with Crippen molar-refractivity contribution in [1.29, 1.82) is 0 Å². The van der Waals surface area contributed by atoms with Gasteiger partial charge in [0.15, 0.2) is 5.13 Å². The van der Waals surface area contributed by atoms with E-state index in [1.807, 2.05) is 67.7 Å². The Bertz CT molecular complexity index is 1760. The third-order valence-corrected chi connectivity index (χ3v) is 10.1. The van der Waals surface area contributed by atoms with Gasteiger partial charge in [-0.3, -0.25) is 0 Å². The second-order valence-electron chi connectivity index (χ2n) is 11.4. The van der Waals surface area contributed by atoms with Gasteiger partial charge < -0.3 is 19.5 Å². The van der Waals surface area contributed by atoms with Crippen molar-refractivity contribution in [2.45, 2.75) is 65.0 Å². The van der Waals surface area contributed by atoms with Crippen LogP contribution >= 0.6 is 34.5 Å². The Hall–Kier alpha value is -3.43. The molecule has 0 aliphatic heterocycles. The van der Waals surface area contributed by atoms with E-state index in [9.17, 15) is 4.79 Å². The van der Waals surface area contributed by atoms with Gasteiger partial charge in [-0.2, -0.15) is 0 Å². The molecule has 2 heterocycles. The highest BCUT2D eigenvalue weighted by atomic mass is 35.5. The number of carbonyl (C=O) groups is 1. The highest BCUT2D eigenvalue weighted by molar-refractivity contribution is 7.22. The first kappa shape index (κ1) is 33.9. The topological polar surface area (TPSA) is 80.5 Å². The summed E-state index contributed by atoms with van der Waals surface area (Å²) in [6, 6.07) is 19.7. The van der Waals surface area contributed by atoms with Crippen LogP contribution < -0.4 is 10.2 Å². The fraction of sp³-hybridized carbons (Fsp3) is 0.361. The Labute approximate surface area is 284 Å². The van der Waals surface area contributed by atoms with E-state index in [0.29, 0.717) is 27.6 Å². The molecule has 46 heavy (non-hydrogen) atoms. The minimum Gasteiger partial charge on any atom is -0.465 e. The van der Waals surface area contributed by atoms with Crippen molar-refractivity contribution < 1.29 is 14.1 Å². The van der Waals surface area contributed by atoms with Crippen molar-refractivity contribution in [3.63, 3.8) is 0 Å². The van der Waals surface area contributed by atoms with E-state index in [-0.39, 0.29) is 5.97 Å². The fourth-order valence-electron chi connectivity index (χ4n) is 5.30. The number of nitrogens with zero attached hydrogens (tertiary/aromatic N) is 3. The molecule has 0 atom stereocenters. The average molecular weight is 680 g/mol. The number of hydrogen-bond acceptors (Lipinski definition) is 8. The molecule has 1 N–H and O–H groups in total. The van der Waals surface area contributed by atoms with Crippen molar-refractivity contribution in [2.24, 2.45) is 0 Å². The summed E-state index contributed by atoms with van der Waals surface area (Å²) < 4.78 is 11.6. The van der Waals surface area contributed by atoms with Crippen molar-refractivity contribution >= 4 is 55.9 Å². The fourth-order valence-corrected chi connectivity index (χ4v) is 6.89. The Balaban J connectivity index is 0.000000181. The summed E-state index contributed by atoms with van der Waals surface area (Å²) in [5.41, 5.74) is 5.95. The number of nitrogens with one attached hydrogen (secondary N) is 1. The zero-order chi connectivity index (χ0) is 32.8. The Morgan fingerprint density at radius 3 is 2.37 bits per heavy atom. The predicted molar refractivity (Wildman–Crippen MR) is 190 cm³/mol. The van der Waals surface area contributed by atoms with Gasteiger partial charge in [0.05, 0.1) is 32.9 Å². The molecule has 1 saturated carbocycles. The number of thiazole rings is 1. The second-order valence-corrected chi connectivity index (χ2v) is 13.2. The van der Waals surface area contributed by atoms with E-state index in [2.05, 4.69) is 41.1 Å². The first-order chi connectivity index (χ1) is 22.3. The lowest BCUT2D eigenvalue weighted by molar-refractivity contribution is 0.0602. The lowest BCUT2D eigenvalue weighted by Crippen LogP contribution is -2.27. The number of rotatable bonds is 11. The highest BCUT2D eigenvalue weighted by Crippen LogP contribution is 2.46. The average Bonchev–Trinajstić information content (AvgIpc) is 3.71. The van der Waals surface area contributed by atoms with Gasteiger partial charge in [-0.15, -0.1) is 0 Å². The van der Waals surface area contributed by atoms with Gasteiger partial charge >= 0.3 is 5.97 Å². The smallest absolute Gasteiger partial charge is 0.338 e. The van der Waals surface area contributed by atoms with Crippen molar-refractivity contribution in [2.75, 3.05) is 25.6 Å². The lowest BCUT2D eigenvalue weighted by atomic mass is 9.99. The van der Waals surface area contributed by atoms with Crippen LogP contribution in [0.4, 0.5) is 5.13 Å². The number of fused-ring (bicyclic) bond motifs is 1. The van der Waals surface area contributed by atoms with Crippen LogP contribution in [0.15, 0.2) is 65.2 Å². The summed E-state index contributed by atoms with van der Waals surface area (Å²) >= 11 is 14.3. The Kier molecular flexibility index (Phi) is 11.4. The van der Waals surface area contributed by atoms with Crippen LogP contribution in [0.25, 0.3) is 32.6 Å². The first-order valence-electron chi connectivity index (χ1n) is 15.7. The Morgan fingerprint density at radius 2 is 1.76 bits per heavy atom. The molecule has 0 bridgehead atoms. The van der Waals surface area contributed by atoms with E-state index in [4.69, 9.17) is 32.5 Å². The summed E-state index contributed by atoms with van der Waals surface area (Å²) in [5, 5.41) is 10.1. The maximum Gasteiger partial charge on any atom is 0.338 e. The monoisotopic (exact) mass is 678 g/mol. The number of hydrogen-bond donors (Lipinski definition) is 1. The first-order valence-corrected chi connectivity index (χ1v) is 17.3. The van der Waals surface area contributed by atoms with Gasteiger partial charge in [0, 0.05) is 43.2 Å². The zero-order valence-corrected chi connectivity index (χ0v) is 29.2. The summed E-state index contributed by atoms with van der Waals surface area (Å²) in [7, 11) is 3.42. The van der Waals surface area contributed by atoms with Crippen molar-refractivity contribution in [3.8, 4) is 22.4 Å². The number of carbonyl (C=O) groups excluding carboxylic acids is 1. The maximum absolute atomic E-state index is 12.2. The van der Waals surface area contributed by atoms with Crippen LogP contribution in [0.3, 0.4) is 0 Å². The van der Waals surface area contributed by atoms with E-state index in [1.165, 1.54) is 20.0 Å². The van der Waals surface area contributed by atoms with E-state index in [0.717, 1.165) is 75.0 Å². The third-order valence-electron chi connectivity index (χ3n) is 8.33. The predicted octanol–water partition coefficient (Wildman–Crippen LogP) is 10.0. The molecular formula is C36H40Cl2N4O3S. The van der Waals surface area contributed by atoms with Gasteiger partial charge in [-0.1, -0.05) is 89.9 Å². The zero-order valence-electron chi connectivity index (χ0n) is 26.9. The van der Waals surface area contributed by atoms with Crippen LogP contribution in [-0.2, 0) is 11.3 Å². The number of benzene rings is 3. The number of esters is 1. The molecule has 1 aliphatic carbocycles. The molecule has 242 valence electrons. The molecule has 10 heteroatoms. The molecule has 0 saturated heterocycles. The van der Waals surface area contributed by atoms with Gasteiger partial charge in [-0.25, -0.2) is 9.78 Å². The van der Waals surface area contributed by atoms with Crippen LogP contribution in [-0.4, -0.2) is 42.9 Å². The van der Waals surface area contributed by atoms with Gasteiger partial charge in [0.1, 0.15) is 11.5 Å². The largest absolute Gasteiger partial charge is 0.465 e. The van der Waals surface area contributed by atoms with E-state index < -0.39 is 0 Å². The van der Waals surface area contributed by atoms with Crippen LogP contribution in [0.5, 0.6) is 0 Å².